The van der Waals surface area contributed by atoms with Crippen molar-refractivity contribution in [2.45, 2.75) is 39.0 Å². The van der Waals surface area contributed by atoms with Gasteiger partial charge >= 0.3 is 0 Å². The number of hydrogen-bond acceptors (Lipinski definition) is 2. The van der Waals surface area contributed by atoms with E-state index < -0.39 is 0 Å². The Labute approximate surface area is 114 Å². The maximum Gasteiger partial charge on any atom is 0.0664 e. The zero-order valence-corrected chi connectivity index (χ0v) is 11.9. The molecule has 0 atom stereocenters. The largest absolute Gasteiger partial charge is 0.330 e. The van der Waals surface area contributed by atoms with Gasteiger partial charge in [0.25, 0.3) is 0 Å². The molecule has 0 bridgehead atoms. The van der Waals surface area contributed by atoms with Crippen LogP contribution in [0.4, 0.5) is 0 Å². The molecular formula is C15H19ClN2. The summed E-state index contributed by atoms with van der Waals surface area (Å²) in [5, 5.41) is 0.693. The molecule has 2 rings (SSSR count). The third kappa shape index (κ3) is 2.85. The molecule has 0 aromatic carbocycles. The zero-order valence-electron chi connectivity index (χ0n) is 11.2. The lowest BCUT2D eigenvalue weighted by Gasteiger charge is -2.13. The first-order chi connectivity index (χ1) is 8.36. The summed E-state index contributed by atoms with van der Waals surface area (Å²) < 4.78 is 0. The minimum atomic E-state index is -0.0138. The van der Waals surface area contributed by atoms with Crippen molar-refractivity contribution in [1.82, 2.24) is 4.98 Å². The van der Waals surface area contributed by atoms with Gasteiger partial charge in [-0.25, -0.2) is 0 Å². The Morgan fingerprint density at radius 3 is 2.56 bits per heavy atom. The number of aromatic nitrogens is 1. The molecular weight excluding hydrogens is 244 g/mol. The van der Waals surface area contributed by atoms with E-state index in [1.54, 1.807) is 6.20 Å². The molecule has 0 amide bonds. The van der Waals surface area contributed by atoms with Crippen LogP contribution in [0, 0.1) is 17.3 Å². The smallest absolute Gasteiger partial charge is 0.0664 e. The van der Waals surface area contributed by atoms with Gasteiger partial charge in [-0.3, -0.25) is 4.98 Å². The normalized spacial score (nSPS) is 16.9. The lowest BCUT2D eigenvalue weighted by atomic mass is 9.97. The minimum absolute atomic E-state index is 0.0138. The number of hydrogen-bond donors (Lipinski definition) is 1. The fraction of sp³-hybridized carbons (Fsp3) is 0.533. The third-order valence-electron chi connectivity index (χ3n) is 3.17. The van der Waals surface area contributed by atoms with Gasteiger partial charge < -0.3 is 5.73 Å². The zero-order chi connectivity index (χ0) is 13.4. The molecule has 1 aliphatic carbocycles. The molecule has 1 aromatic heterocycles. The molecule has 1 aliphatic rings. The van der Waals surface area contributed by atoms with Crippen LogP contribution in [-0.2, 0) is 5.41 Å². The number of nitrogens with zero attached hydrogens (tertiary/aromatic N) is 1. The van der Waals surface area contributed by atoms with Crippen LogP contribution in [-0.4, -0.2) is 11.5 Å². The number of pyridine rings is 1. The molecule has 3 heteroatoms. The molecule has 0 aliphatic heterocycles. The first kappa shape index (κ1) is 13.4. The molecule has 1 saturated carbocycles. The van der Waals surface area contributed by atoms with Gasteiger partial charge in [0.05, 0.1) is 10.7 Å². The van der Waals surface area contributed by atoms with E-state index in [4.69, 9.17) is 17.3 Å². The van der Waals surface area contributed by atoms with Crippen molar-refractivity contribution in [3.8, 4) is 11.8 Å². The summed E-state index contributed by atoms with van der Waals surface area (Å²) in [6.07, 6.45) is 3.97. The van der Waals surface area contributed by atoms with Crippen molar-refractivity contribution >= 4 is 11.6 Å². The van der Waals surface area contributed by atoms with Gasteiger partial charge in [-0.2, -0.15) is 0 Å². The number of nitrogens with two attached hydrogens (primary N) is 1. The van der Waals surface area contributed by atoms with Gasteiger partial charge in [0.15, 0.2) is 0 Å². The molecule has 1 aromatic rings. The van der Waals surface area contributed by atoms with Crippen LogP contribution >= 0.6 is 11.6 Å². The van der Waals surface area contributed by atoms with Gasteiger partial charge in [-0.1, -0.05) is 23.4 Å². The second kappa shape index (κ2) is 4.57. The first-order valence-electron chi connectivity index (χ1n) is 6.26. The Kier molecular flexibility index (Phi) is 3.40. The molecule has 2 N–H and O–H groups in total. The molecule has 2 nitrogen and oxygen atoms in total. The highest BCUT2D eigenvalue weighted by atomic mass is 35.5. The van der Waals surface area contributed by atoms with Crippen LogP contribution in [0.3, 0.4) is 0 Å². The van der Waals surface area contributed by atoms with Crippen molar-refractivity contribution in [1.29, 1.82) is 0 Å². The quantitative estimate of drug-likeness (QED) is 0.832. The van der Waals surface area contributed by atoms with E-state index >= 15 is 0 Å². The highest BCUT2D eigenvalue weighted by Crippen LogP contribution is 2.48. The van der Waals surface area contributed by atoms with Gasteiger partial charge in [0, 0.05) is 29.1 Å². The summed E-state index contributed by atoms with van der Waals surface area (Å²) in [5.41, 5.74) is 7.62. The maximum absolute atomic E-state index is 6.30. The minimum Gasteiger partial charge on any atom is -0.330 e. The SMILES string of the molecule is CC(C)(C)C#Cc1cnc(C2(CN)CC2)c(Cl)c1. The Hall–Kier alpha value is -1.04. The van der Waals surface area contributed by atoms with Crippen LogP contribution in [0.2, 0.25) is 5.02 Å². The van der Waals surface area contributed by atoms with Crippen LogP contribution in [0.5, 0.6) is 0 Å². The molecule has 0 unspecified atom stereocenters. The molecule has 18 heavy (non-hydrogen) atoms. The molecule has 0 radical (unpaired) electrons. The fourth-order valence-electron chi connectivity index (χ4n) is 1.84. The van der Waals surface area contributed by atoms with Crippen LogP contribution in [0.15, 0.2) is 12.3 Å². The maximum atomic E-state index is 6.30. The van der Waals surface area contributed by atoms with Crippen molar-refractivity contribution in [3.05, 3.63) is 28.5 Å². The topological polar surface area (TPSA) is 38.9 Å². The van der Waals surface area contributed by atoms with Gasteiger partial charge in [0.1, 0.15) is 0 Å². The summed E-state index contributed by atoms with van der Waals surface area (Å²) in [7, 11) is 0. The Bertz CT molecular complexity index is 514. The lowest BCUT2D eigenvalue weighted by molar-refractivity contribution is 0.571. The summed E-state index contributed by atoms with van der Waals surface area (Å²) in [5.74, 6) is 6.29. The van der Waals surface area contributed by atoms with E-state index in [1.807, 2.05) is 6.07 Å². The molecule has 0 spiro atoms. The molecule has 1 fully saturated rings. The summed E-state index contributed by atoms with van der Waals surface area (Å²) in [4.78, 5) is 4.47. The van der Waals surface area contributed by atoms with E-state index in [2.05, 4.69) is 37.6 Å². The van der Waals surface area contributed by atoms with E-state index in [0.29, 0.717) is 11.6 Å². The predicted octanol–water partition coefficient (Wildman–Crippen LogP) is 3.12. The van der Waals surface area contributed by atoms with E-state index in [-0.39, 0.29) is 10.8 Å². The predicted molar refractivity (Wildman–Crippen MR) is 75.5 cm³/mol. The van der Waals surface area contributed by atoms with E-state index in [0.717, 1.165) is 24.1 Å². The van der Waals surface area contributed by atoms with Gasteiger partial charge in [0.2, 0.25) is 0 Å². The summed E-state index contributed by atoms with van der Waals surface area (Å²) >= 11 is 6.30. The third-order valence-corrected chi connectivity index (χ3v) is 3.46. The van der Waals surface area contributed by atoms with Crippen molar-refractivity contribution < 1.29 is 0 Å². The summed E-state index contributed by atoms with van der Waals surface area (Å²) in [6, 6.07) is 1.90. The molecule has 0 saturated heterocycles. The Morgan fingerprint density at radius 2 is 2.11 bits per heavy atom. The fourth-order valence-corrected chi connectivity index (χ4v) is 2.21. The average Bonchev–Trinajstić information content (AvgIpc) is 3.06. The highest BCUT2D eigenvalue weighted by Gasteiger charge is 2.45. The van der Waals surface area contributed by atoms with Gasteiger partial charge in [-0.15, -0.1) is 0 Å². The van der Waals surface area contributed by atoms with Crippen LogP contribution in [0.1, 0.15) is 44.9 Å². The Morgan fingerprint density at radius 1 is 1.44 bits per heavy atom. The number of halogens is 1. The second-order valence-electron chi connectivity index (χ2n) is 6.04. The molecule has 1 heterocycles. The monoisotopic (exact) mass is 262 g/mol. The van der Waals surface area contributed by atoms with Crippen molar-refractivity contribution in [3.63, 3.8) is 0 Å². The lowest BCUT2D eigenvalue weighted by Crippen LogP contribution is -2.21. The first-order valence-corrected chi connectivity index (χ1v) is 6.63. The second-order valence-corrected chi connectivity index (χ2v) is 6.45. The van der Waals surface area contributed by atoms with Crippen LogP contribution < -0.4 is 5.73 Å². The van der Waals surface area contributed by atoms with Crippen molar-refractivity contribution in [2.75, 3.05) is 6.54 Å². The van der Waals surface area contributed by atoms with Crippen molar-refractivity contribution in [2.24, 2.45) is 11.1 Å². The molecule has 96 valence electrons. The average molecular weight is 263 g/mol. The van der Waals surface area contributed by atoms with Gasteiger partial charge in [-0.05, 0) is 39.7 Å². The standard InChI is InChI=1S/C15H19ClN2/c1-14(2,3)5-4-11-8-12(16)13(18-9-11)15(10-17)6-7-15/h8-9H,6-7,10,17H2,1-3H3. The number of rotatable bonds is 2. The van der Waals surface area contributed by atoms with E-state index in [9.17, 15) is 0 Å². The van der Waals surface area contributed by atoms with Crippen LogP contribution in [0.25, 0.3) is 0 Å². The van der Waals surface area contributed by atoms with E-state index in [1.165, 1.54) is 0 Å². The summed E-state index contributed by atoms with van der Waals surface area (Å²) in [6.45, 7) is 6.86. The highest BCUT2D eigenvalue weighted by molar-refractivity contribution is 6.31. The Balaban J connectivity index is 2.28.